The van der Waals surface area contributed by atoms with Gasteiger partial charge >= 0.3 is 0 Å². The largest absolute Gasteiger partial charge is 0.309 e. The van der Waals surface area contributed by atoms with Crippen LogP contribution in [0.2, 0.25) is 0 Å². The predicted octanol–water partition coefficient (Wildman–Crippen LogP) is 10.0. The lowest BCUT2D eigenvalue weighted by Gasteiger charge is -2.12. The molecule has 5 heteroatoms. The summed E-state index contributed by atoms with van der Waals surface area (Å²) in [6, 6.07) is 49.0. The molecule has 3 heterocycles. The molecule has 0 bridgehead atoms. The van der Waals surface area contributed by atoms with Crippen molar-refractivity contribution in [2.45, 2.75) is 13.8 Å². The van der Waals surface area contributed by atoms with E-state index in [9.17, 15) is 0 Å². The number of aryl methyl sites for hydroxylation is 2. The molecular formula is C41H29N5. The first kappa shape index (κ1) is 26.3. The first-order chi connectivity index (χ1) is 22.6. The van der Waals surface area contributed by atoms with Gasteiger partial charge in [0, 0.05) is 38.4 Å². The van der Waals surface area contributed by atoms with Crippen molar-refractivity contribution in [1.82, 2.24) is 24.1 Å². The van der Waals surface area contributed by atoms with E-state index in [4.69, 9.17) is 15.0 Å². The fourth-order valence-electron chi connectivity index (χ4n) is 6.86. The molecule has 46 heavy (non-hydrogen) atoms. The molecular weight excluding hydrogens is 562 g/mol. The number of hydrogen-bond acceptors (Lipinski definition) is 3. The molecule has 0 radical (unpaired) electrons. The quantitative estimate of drug-likeness (QED) is 0.205. The Morgan fingerprint density at radius 2 is 1.02 bits per heavy atom. The average molecular weight is 592 g/mol. The molecule has 9 rings (SSSR count). The molecule has 5 nitrogen and oxygen atoms in total. The van der Waals surface area contributed by atoms with E-state index in [1.807, 2.05) is 0 Å². The van der Waals surface area contributed by atoms with Crippen LogP contribution in [0.5, 0.6) is 0 Å². The Labute approximate surface area is 266 Å². The Bertz CT molecular complexity index is 2550. The molecule has 0 unspecified atom stereocenters. The van der Waals surface area contributed by atoms with Gasteiger partial charge in [0.25, 0.3) is 0 Å². The van der Waals surface area contributed by atoms with Gasteiger partial charge in [-0.25, -0.2) is 4.98 Å². The molecule has 0 N–H and O–H groups in total. The van der Waals surface area contributed by atoms with Gasteiger partial charge in [0.2, 0.25) is 5.95 Å². The molecule has 3 aromatic heterocycles. The summed E-state index contributed by atoms with van der Waals surface area (Å²) < 4.78 is 4.60. The van der Waals surface area contributed by atoms with Gasteiger partial charge in [-0.05, 0) is 56.3 Å². The molecule has 0 atom stereocenters. The molecule has 0 saturated carbocycles. The highest BCUT2D eigenvalue weighted by atomic mass is 15.2. The molecule has 0 aliphatic heterocycles. The Morgan fingerprint density at radius 1 is 0.435 bits per heavy atom. The first-order valence-corrected chi connectivity index (χ1v) is 15.6. The number of fused-ring (bicyclic) bond motifs is 7. The van der Waals surface area contributed by atoms with Gasteiger partial charge in [-0.2, -0.15) is 9.97 Å². The Morgan fingerprint density at radius 3 is 1.67 bits per heavy atom. The second-order valence-corrected chi connectivity index (χ2v) is 11.9. The van der Waals surface area contributed by atoms with E-state index in [1.54, 1.807) is 0 Å². The fourth-order valence-corrected chi connectivity index (χ4v) is 6.86. The van der Waals surface area contributed by atoms with Crippen molar-refractivity contribution < 1.29 is 0 Å². The van der Waals surface area contributed by atoms with Crippen LogP contribution in [0.15, 0.2) is 140 Å². The lowest BCUT2D eigenvalue weighted by Crippen LogP contribution is -2.06. The number of aromatic nitrogens is 5. The zero-order chi connectivity index (χ0) is 30.8. The molecule has 0 saturated heterocycles. The summed E-state index contributed by atoms with van der Waals surface area (Å²) in [6.07, 6.45) is 0. The van der Waals surface area contributed by atoms with Crippen LogP contribution in [0.1, 0.15) is 11.1 Å². The maximum atomic E-state index is 5.17. The molecule has 0 amide bonds. The number of rotatable bonds is 4. The van der Waals surface area contributed by atoms with E-state index in [2.05, 4.69) is 163 Å². The van der Waals surface area contributed by atoms with Crippen molar-refractivity contribution in [3.63, 3.8) is 0 Å². The minimum Gasteiger partial charge on any atom is -0.309 e. The second kappa shape index (κ2) is 10.2. The SMILES string of the molecule is Cc1cccc(-c2nc(-c3cccc(C)c3)nc(-n3c4ccccc4c4c3ccc3c5ccccc5n(-c5ccccc5)c34)n2)c1. The lowest BCUT2D eigenvalue weighted by molar-refractivity contribution is 0.953. The highest BCUT2D eigenvalue weighted by molar-refractivity contribution is 6.26. The van der Waals surface area contributed by atoms with Crippen LogP contribution >= 0.6 is 0 Å². The number of benzene rings is 6. The summed E-state index contributed by atoms with van der Waals surface area (Å²) in [4.78, 5) is 15.4. The minimum atomic E-state index is 0.593. The third-order valence-corrected chi connectivity index (χ3v) is 8.86. The van der Waals surface area contributed by atoms with Crippen molar-refractivity contribution in [3.05, 3.63) is 151 Å². The van der Waals surface area contributed by atoms with Gasteiger partial charge in [-0.1, -0.05) is 108 Å². The molecule has 9 aromatic rings. The van der Waals surface area contributed by atoms with E-state index in [1.165, 1.54) is 27.2 Å². The van der Waals surface area contributed by atoms with E-state index in [0.717, 1.165) is 44.4 Å². The maximum absolute atomic E-state index is 5.17. The van der Waals surface area contributed by atoms with Gasteiger partial charge in [0.05, 0.1) is 22.1 Å². The van der Waals surface area contributed by atoms with Gasteiger partial charge in [-0.15, -0.1) is 0 Å². The van der Waals surface area contributed by atoms with E-state index < -0.39 is 0 Å². The number of nitrogens with zero attached hydrogens (tertiary/aromatic N) is 5. The van der Waals surface area contributed by atoms with Gasteiger partial charge in [0.15, 0.2) is 11.6 Å². The Kier molecular flexibility index (Phi) is 5.87. The maximum Gasteiger partial charge on any atom is 0.238 e. The normalized spacial score (nSPS) is 11.7. The minimum absolute atomic E-state index is 0.593. The molecule has 218 valence electrons. The third-order valence-electron chi connectivity index (χ3n) is 8.86. The monoisotopic (exact) mass is 591 g/mol. The lowest BCUT2D eigenvalue weighted by atomic mass is 10.1. The van der Waals surface area contributed by atoms with Crippen molar-refractivity contribution >= 4 is 43.6 Å². The molecule has 0 aliphatic carbocycles. The number of hydrogen-bond donors (Lipinski definition) is 0. The summed E-state index contributed by atoms with van der Waals surface area (Å²) >= 11 is 0. The van der Waals surface area contributed by atoms with Crippen molar-refractivity contribution in [1.29, 1.82) is 0 Å². The molecule has 0 spiro atoms. The highest BCUT2D eigenvalue weighted by Crippen LogP contribution is 2.41. The van der Waals surface area contributed by atoms with Crippen molar-refractivity contribution in [2.24, 2.45) is 0 Å². The van der Waals surface area contributed by atoms with Crippen LogP contribution in [0.25, 0.3) is 78.0 Å². The number of para-hydroxylation sites is 3. The Balaban J connectivity index is 1.42. The topological polar surface area (TPSA) is 48.5 Å². The van der Waals surface area contributed by atoms with Crippen LogP contribution < -0.4 is 0 Å². The standard InChI is InChI=1S/C41H29N5/c1-26-12-10-14-28(24-26)39-42-40(29-15-11-13-27(2)25-29)44-41(43-39)46-35-21-9-7-19-33(35)37-36(46)23-22-32-31-18-6-8-20-34(31)45(38(32)37)30-16-4-3-5-17-30/h3-25H,1-2H3. The summed E-state index contributed by atoms with van der Waals surface area (Å²) in [7, 11) is 0. The van der Waals surface area contributed by atoms with E-state index >= 15 is 0 Å². The van der Waals surface area contributed by atoms with Gasteiger partial charge in [0.1, 0.15) is 0 Å². The van der Waals surface area contributed by atoms with Gasteiger partial charge < -0.3 is 4.57 Å². The summed E-state index contributed by atoms with van der Waals surface area (Å²) in [5.41, 5.74) is 9.81. The smallest absolute Gasteiger partial charge is 0.238 e. The van der Waals surface area contributed by atoms with Gasteiger partial charge in [-0.3, -0.25) is 4.57 Å². The fraction of sp³-hybridized carbons (Fsp3) is 0.0488. The Hall–Kier alpha value is -6.07. The third kappa shape index (κ3) is 4.06. The van der Waals surface area contributed by atoms with Crippen LogP contribution in [-0.4, -0.2) is 24.1 Å². The average Bonchev–Trinajstić information content (AvgIpc) is 3.61. The van der Waals surface area contributed by atoms with Crippen LogP contribution in [0.3, 0.4) is 0 Å². The summed E-state index contributed by atoms with van der Waals surface area (Å²) in [5.74, 6) is 1.89. The van der Waals surface area contributed by atoms with Crippen LogP contribution in [-0.2, 0) is 0 Å². The predicted molar refractivity (Wildman–Crippen MR) is 189 cm³/mol. The van der Waals surface area contributed by atoms with E-state index in [-0.39, 0.29) is 0 Å². The summed E-state index contributed by atoms with van der Waals surface area (Å²) in [5, 5.41) is 4.76. The molecule has 0 fully saturated rings. The summed E-state index contributed by atoms with van der Waals surface area (Å²) in [6.45, 7) is 4.19. The van der Waals surface area contributed by atoms with Crippen LogP contribution in [0.4, 0.5) is 0 Å². The molecule has 6 aromatic carbocycles. The highest BCUT2D eigenvalue weighted by Gasteiger charge is 2.22. The zero-order valence-electron chi connectivity index (χ0n) is 25.5. The zero-order valence-corrected chi connectivity index (χ0v) is 25.5. The first-order valence-electron chi connectivity index (χ1n) is 15.6. The van der Waals surface area contributed by atoms with Crippen molar-refractivity contribution in [3.8, 4) is 34.4 Å². The van der Waals surface area contributed by atoms with Crippen LogP contribution in [0, 0.1) is 13.8 Å². The van der Waals surface area contributed by atoms with E-state index in [0.29, 0.717) is 17.6 Å². The molecule has 0 aliphatic rings. The second-order valence-electron chi connectivity index (χ2n) is 11.9. The van der Waals surface area contributed by atoms with Crippen molar-refractivity contribution in [2.75, 3.05) is 0 Å².